The van der Waals surface area contributed by atoms with Crippen molar-refractivity contribution in [3.63, 3.8) is 0 Å². The third kappa shape index (κ3) is 13.6. The first kappa shape index (κ1) is 64.6. The summed E-state index contributed by atoms with van der Waals surface area (Å²) in [4.78, 5) is 14.2. The van der Waals surface area contributed by atoms with Gasteiger partial charge in [0.2, 0.25) is 0 Å². The Hall–Kier alpha value is -9.78. The van der Waals surface area contributed by atoms with Crippen molar-refractivity contribution in [2.75, 3.05) is 0 Å². The average molecular weight is 1440 g/mol. The Morgan fingerprint density at radius 2 is 1.14 bits per heavy atom. The van der Waals surface area contributed by atoms with Crippen molar-refractivity contribution in [3.05, 3.63) is 300 Å². The van der Waals surface area contributed by atoms with Gasteiger partial charge in [-0.25, -0.2) is 0 Å². The Balaban J connectivity index is 0.000000169. The molecule has 1 saturated carbocycles. The molecule has 97 heavy (non-hydrogen) atoms. The van der Waals surface area contributed by atoms with Gasteiger partial charge in [-0.15, -0.1) is 89.0 Å². The number of fused-ring (bicyclic) bond motifs is 8. The summed E-state index contributed by atoms with van der Waals surface area (Å²) in [6.07, 6.45) is 17.1. The molecular formula is C90H79IrN4O2. The molecule has 10 aromatic carbocycles. The second-order valence-electron chi connectivity index (χ2n) is 27.9. The molecule has 0 spiro atoms. The number of hydrogen-bond acceptors (Lipinski definition) is 5. The molecule has 16 rings (SSSR count). The molecule has 480 valence electrons. The van der Waals surface area contributed by atoms with E-state index in [1.54, 1.807) is 5.56 Å². The molecule has 0 aliphatic heterocycles. The van der Waals surface area contributed by atoms with Crippen LogP contribution in [0.25, 0.3) is 116 Å². The summed E-state index contributed by atoms with van der Waals surface area (Å²) in [5.41, 5.74) is 25.5. The van der Waals surface area contributed by atoms with Crippen molar-refractivity contribution in [3.8, 4) is 61.8 Å². The van der Waals surface area contributed by atoms with E-state index in [4.69, 9.17) is 18.8 Å². The van der Waals surface area contributed by atoms with Gasteiger partial charge in [-0.3, -0.25) is 4.98 Å². The number of para-hydroxylation sites is 1. The molecule has 0 bridgehead atoms. The van der Waals surface area contributed by atoms with E-state index < -0.39 is 0 Å². The molecule has 1 fully saturated rings. The molecule has 1 aliphatic rings. The normalized spacial score (nSPS) is 13.2. The van der Waals surface area contributed by atoms with Crippen LogP contribution in [0.4, 0.5) is 0 Å². The number of imidazole rings is 1. The molecule has 0 N–H and O–H groups in total. The SMILES string of the molecule is CC(C)c1cc(-c2ccc3c(c2)oc2ccccc23)cc(C(C)C)c1-n1ccnc1-c1[c-]ccc2c1oc1c3ccc(-c4ccccc4)cc3ccc21.Cc1c[c-]c(-c2ccc(CCc3cc(CCc4c[c-]c(-c5ccccn5)cc4)cc(C4CCC(C)(C)CC4)c3)cn2)cc1.[Ir+3]. The first-order valence-electron chi connectivity index (χ1n) is 34.3. The number of rotatable bonds is 15. The van der Waals surface area contributed by atoms with Crippen LogP contribution < -0.4 is 0 Å². The van der Waals surface area contributed by atoms with Crippen molar-refractivity contribution >= 4 is 54.6 Å². The van der Waals surface area contributed by atoms with Gasteiger partial charge in [-0.2, -0.15) is 0 Å². The molecule has 5 aromatic heterocycles. The minimum Gasteiger partial charge on any atom is -0.500 e. The number of hydrogen-bond donors (Lipinski definition) is 0. The van der Waals surface area contributed by atoms with E-state index in [0.717, 1.165) is 125 Å². The van der Waals surface area contributed by atoms with Gasteiger partial charge in [-0.05, 0) is 183 Å². The van der Waals surface area contributed by atoms with E-state index in [2.05, 4.69) is 252 Å². The molecule has 0 atom stereocenters. The molecule has 0 radical (unpaired) electrons. The zero-order chi connectivity index (χ0) is 65.4. The summed E-state index contributed by atoms with van der Waals surface area (Å²) in [5.74, 6) is 1.99. The summed E-state index contributed by atoms with van der Waals surface area (Å²) >= 11 is 0. The molecule has 0 saturated heterocycles. The minimum atomic E-state index is 0. The number of benzene rings is 10. The first-order chi connectivity index (χ1) is 46.8. The maximum absolute atomic E-state index is 6.85. The fourth-order valence-electron chi connectivity index (χ4n) is 14.4. The Labute approximate surface area is 583 Å². The van der Waals surface area contributed by atoms with Gasteiger partial charge in [0.05, 0.1) is 11.4 Å². The molecule has 15 aromatic rings. The Morgan fingerprint density at radius 1 is 0.495 bits per heavy atom. The van der Waals surface area contributed by atoms with Crippen LogP contribution in [0.5, 0.6) is 0 Å². The van der Waals surface area contributed by atoms with E-state index in [1.165, 1.54) is 81.3 Å². The van der Waals surface area contributed by atoms with Gasteiger partial charge in [0.1, 0.15) is 16.7 Å². The van der Waals surface area contributed by atoms with Gasteiger partial charge in [0, 0.05) is 52.0 Å². The minimum absolute atomic E-state index is 0. The summed E-state index contributed by atoms with van der Waals surface area (Å²) in [5, 5.41) is 6.66. The van der Waals surface area contributed by atoms with Crippen LogP contribution in [0.2, 0.25) is 0 Å². The molecule has 5 heterocycles. The zero-order valence-electron chi connectivity index (χ0n) is 56.3. The van der Waals surface area contributed by atoms with Crippen LogP contribution in [0.1, 0.15) is 129 Å². The van der Waals surface area contributed by atoms with Crippen LogP contribution in [0.3, 0.4) is 0 Å². The van der Waals surface area contributed by atoms with Gasteiger partial charge in [0.15, 0.2) is 0 Å². The molecule has 0 unspecified atom stereocenters. The van der Waals surface area contributed by atoms with Crippen molar-refractivity contribution in [1.29, 1.82) is 0 Å². The summed E-state index contributed by atoms with van der Waals surface area (Å²) in [7, 11) is 0. The van der Waals surface area contributed by atoms with Crippen LogP contribution in [0.15, 0.2) is 246 Å². The monoisotopic (exact) mass is 1440 g/mol. The number of furan rings is 2. The van der Waals surface area contributed by atoms with Gasteiger partial charge >= 0.3 is 20.1 Å². The number of nitrogens with zero attached hydrogens (tertiary/aromatic N) is 4. The van der Waals surface area contributed by atoms with Crippen molar-refractivity contribution in [1.82, 2.24) is 19.5 Å². The maximum atomic E-state index is 6.85. The van der Waals surface area contributed by atoms with Crippen LogP contribution in [-0.4, -0.2) is 19.5 Å². The largest absolute Gasteiger partial charge is 3.00 e. The van der Waals surface area contributed by atoms with E-state index in [9.17, 15) is 0 Å². The van der Waals surface area contributed by atoms with E-state index in [-0.39, 0.29) is 31.9 Å². The molecule has 0 amide bonds. The molecule has 6 nitrogen and oxygen atoms in total. The van der Waals surface area contributed by atoms with Crippen molar-refractivity contribution in [2.45, 2.75) is 118 Å². The second kappa shape index (κ2) is 27.7. The number of aryl methyl sites for hydroxylation is 5. The predicted molar refractivity (Wildman–Crippen MR) is 397 cm³/mol. The quantitative estimate of drug-likeness (QED) is 0.0957. The van der Waals surface area contributed by atoms with Gasteiger partial charge in [-0.1, -0.05) is 187 Å². The molecule has 7 heteroatoms. The maximum Gasteiger partial charge on any atom is 3.00 e. The fourth-order valence-corrected chi connectivity index (χ4v) is 14.4. The summed E-state index contributed by atoms with van der Waals surface area (Å²) < 4.78 is 15.4. The van der Waals surface area contributed by atoms with Crippen LogP contribution in [-0.2, 0) is 45.8 Å². The Morgan fingerprint density at radius 3 is 1.85 bits per heavy atom. The predicted octanol–water partition coefficient (Wildman–Crippen LogP) is 23.8. The smallest absolute Gasteiger partial charge is 0.500 e. The average Bonchev–Trinajstić information content (AvgIpc) is 1.61. The second-order valence-corrected chi connectivity index (χ2v) is 27.9. The van der Waals surface area contributed by atoms with Gasteiger partial charge in [0.25, 0.3) is 0 Å². The third-order valence-electron chi connectivity index (χ3n) is 19.9. The van der Waals surface area contributed by atoms with Crippen LogP contribution >= 0.6 is 0 Å². The molecular weight excluding hydrogens is 1360 g/mol. The fraction of sp³-hybridized carbons (Fsp3) is 0.211. The Kier molecular flexibility index (Phi) is 18.5. The summed E-state index contributed by atoms with van der Waals surface area (Å²) in [6.45, 7) is 16.0. The third-order valence-corrected chi connectivity index (χ3v) is 19.9. The van der Waals surface area contributed by atoms with E-state index in [1.807, 2.05) is 61.1 Å². The standard InChI is InChI=1S/C49H37N2O2.C41H42N2.Ir/c1-29(2)42-26-35(33-18-21-38-37-13-8-9-16-44(37)52-45(38)28-33)27-43(30(3)4)46(42)51-24-23-50-49(51)41-15-10-14-39-40-22-19-34-25-32(31-11-6-5-7-12-31)17-20-36(34)47(40)53-48(39)41;1-30-7-16-36(17-8-30)40-20-15-32(29-43-40)10-12-34-26-33(27-38(28-34)35-21-23-41(2,3)24-22-35)11-9-31-13-18-37(19-14-31)39-6-4-5-25-42-39;/h5-14,16-30H,1-4H3;4-8,13-16,18,20,25-29,35H,9-12,21-24H2,1-3H3;/q-1;-2;+3. The number of aromatic nitrogens is 4. The zero-order valence-corrected chi connectivity index (χ0v) is 58.7. The molecule has 1 aliphatic carbocycles. The Bertz CT molecular complexity index is 5230. The van der Waals surface area contributed by atoms with Crippen molar-refractivity contribution < 1.29 is 28.9 Å². The summed E-state index contributed by atoms with van der Waals surface area (Å²) in [6, 6.07) is 86.1. The number of pyridine rings is 2. The van der Waals surface area contributed by atoms with E-state index in [0.29, 0.717) is 11.3 Å². The van der Waals surface area contributed by atoms with Gasteiger partial charge < -0.3 is 23.4 Å². The first-order valence-corrected chi connectivity index (χ1v) is 34.3. The topological polar surface area (TPSA) is 69.9 Å². The van der Waals surface area contributed by atoms with Crippen LogP contribution in [0, 0.1) is 30.5 Å². The van der Waals surface area contributed by atoms with Crippen molar-refractivity contribution in [2.24, 2.45) is 5.41 Å². The van der Waals surface area contributed by atoms with E-state index >= 15 is 0 Å².